The van der Waals surface area contributed by atoms with Crippen molar-refractivity contribution in [3.05, 3.63) is 83.0 Å². The van der Waals surface area contributed by atoms with Crippen LogP contribution in [0, 0.1) is 11.2 Å². The van der Waals surface area contributed by atoms with Gasteiger partial charge in [0.2, 0.25) is 5.91 Å². The van der Waals surface area contributed by atoms with Gasteiger partial charge < -0.3 is 14.8 Å². The molecule has 3 aliphatic carbocycles. The average Bonchev–Trinajstić information content (AvgIpc) is 3.56. The number of carbonyl (C=O) groups excluding carboxylic acids is 1. The molecule has 4 aromatic rings. The van der Waals surface area contributed by atoms with Crippen LogP contribution in [0.3, 0.4) is 0 Å². The third-order valence-corrected chi connectivity index (χ3v) is 9.09. The molecule has 36 heavy (non-hydrogen) atoms. The molecule has 0 radical (unpaired) electrons. The SMILES string of the molecule is CC1(C(=O)Nc2nc(-c3ccc(F)c4ccccc34)cs2)CC2c3ccccc3C1CC21OCCO1. The Hall–Kier alpha value is -3.13. The van der Waals surface area contributed by atoms with Gasteiger partial charge in [-0.3, -0.25) is 4.79 Å². The van der Waals surface area contributed by atoms with Crippen molar-refractivity contribution in [2.75, 3.05) is 18.5 Å². The Balaban J connectivity index is 1.20. The topological polar surface area (TPSA) is 60.5 Å². The van der Waals surface area contributed by atoms with Crippen molar-refractivity contribution in [1.29, 1.82) is 0 Å². The number of rotatable bonds is 3. The Morgan fingerprint density at radius 3 is 2.44 bits per heavy atom. The molecule has 2 fully saturated rings. The predicted molar refractivity (Wildman–Crippen MR) is 138 cm³/mol. The fourth-order valence-corrected chi connectivity index (χ4v) is 7.25. The normalized spacial score (nSPS) is 25.8. The largest absolute Gasteiger partial charge is 0.347 e. The number of anilines is 1. The second kappa shape index (κ2) is 7.93. The van der Waals surface area contributed by atoms with Crippen LogP contribution in [0.15, 0.2) is 66.0 Å². The zero-order valence-electron chi connectivity index (χ0n) is 19.8. The quantitative estimate of drug-likeness (QED) is 0.351. The second-order valence-corrected chi connectivity index (χ2v) is 11.1. The standard InChI is InChI=1S/C29H25FN2O3S/c1-28(14-23-19-8-4-3-7-18(19)22(28)15-29(23)34-12-13-35-29)26(33)32-27-31-25(16-36-27)21-10-11-24(30)20-9-5-2-6-17(20)21/h2-11,16,22-23H,12-15H2,1H3,(H,31,32,33). The molecule has 1 saturated heterocycles. The maximum atomic E-state index is 14.3. The summed E-state index contributed by atoms with van der Waals surface area (Å²) in [5.41, 5.74) is 3.40. The summed E-state index contributed by atoms with van der Waals surface area (Å²) in [7, 11) is 0. The van der Waals surface area contributed by atoms with Gasteiger partial charge in [-0.1, -0.05) is 55.5 Å². The maximum absolute atomic E-state index is 14.3. The second-order valence-electron chi connectivity index (χ2n) is 10.2. The Morgan fingerprint density at radius 1 is 0.972 bits per heavy atom. The van der Waals surface area contributed by atoms with Crippen LogP contribution in [0.1, 0.15) is 42.7 Å². The Morgan fingerprint density at radius 2 is 1.67 bits per heavy atom. The van der Waals surface area contributed by atoms with Crippen molar-refractivity contribution < 1.29 is 18.7 Å². The molecule has 1 saturated carbocycles. The van der Waals surface area contributed by atoms with Gasteiger partial charge >= 0.3 is 0 Å². The van der Waals surface area contributed by atoms with Gasteiger partial charge in [0, 0.05) is 34.6 Å². The van der Waals surface area contributed by atoms with E-state index in [-0.39, 0.29) is 23.6 Å². The first-order chi connectivity index (χ1) is 17.5. The van der Waals surface area contributed by atoms with Crippen LogP contribution in [-0.4, -0.2) is 29.9 Å². The molecule has 3 unspecified atom stereocenters. The number of aromatic nitrogens is 1. The fourth-order valence-electron chi connectivity index (χ4n) is 6.54. The number of hydrogen-bond acceptors (Lipinski definition) is 5. The lowest BCUT2D eigenvalue weighted by Crippen LogP contribution is -2.56. The first-order valence-electron chi connectivity index (χ1n) is 12.3. The molecule has 3 atom stereocenters. The number of halogens is 1. The summed E-state index contributed by atoms with van der Waals surface area (Å²) in [6, 6.07) is 19.0. The van der Waals surface area contributed by atoms with Crippen molar-refractivity contribution in [3.63, 3.8) is 0 Å². The van der Waals surface area contributed by atoms with Crippen LogP contribution in [-0.2, 0) is 14.3 Å². The van der Waals surface area contributed by atoms with Crippen molar-refractivity contribution in [3.8, 4) is 11.3 Å². The van der Waals surface area contributed by atoms with E-state index in [1.165, 1.54) is 28.5 Å². The molecule has 5 nitrogen and oxygen atoms in total. The van der Waals surface area contributed by atoms with E-state index in [4.69, 9.17) is 14.5 Å². The number of nitrogens with one attached hydrogen (secondary N) is 1. The average molecular weight is 501 g/mol. The fraction of sp³-hybridized carbons (Fsp3) is 0.310. The third-order valence-electron chi connectivity index (χ3n) is 8.33. The van der Waals surface area contributed by atoms with Gasteiger partial charge in [0.15, 0.2) is 10.9 Å². The summed E-state index contributed by atoms with van der Waals surface area (Å²) in [4.78, 5) is 18.5. The molecule has 1 aliphatic heterocycles. The zero-order valence-corrected chi connectivity index (χ0v) is 20.6. The number of fused-ring (bicyclic) bond motifs is 2. The number of ether oxygens (including phenoxy) is 2. The van der Waals surface area contributed by atoms with Crippen LogP contribution in [0.5, 0.6) is 0 Å². The third kappa shape index (κ3) is 3.13. The molecule has 8 rings (SSSR count). The van der Waals surface area contributed by atoms with Crippen LogP contribution in [0.25, 0.3) is 22.0 Å². The van der Waals surface area contributed by atoms with Crippen LogP contribution in [0.4, 0.5) is 9.52 Å². The van der Waals surface area contributed by atoms with E-state index in [0.29, 0.717) is 36.6 Å². The molecule has 3 aromatic carbocycles. The van der Waals surface area contributed by atoms with E-state index in [1.807, 2.05) is 29.6 Å². The van der Waals surface area contributed by atoms with Crippen molar-refractivity contribution in [1.82, 2.24) is 4.98 Å². The number of amides is 1. The molecule has 1 amide bonds. The lowest BCUT2D eigenvalue weighted by Gasteiger charge is -2.56. The molecule has 1 aromatic heterocycles. The van der Waals surface area contributed by atoms with Crippen LogP contribution < -0.4 is 5.32 Å². The molecule has 182 valence electrons. The number of carbonyl (C=O) groups is 1. The Kier molecular flexibility index (Phi) is 4.87. The monoisotopic (exact) mass is 500 g/mol. The van der Waals surface area contributed by atoms with Gasteiger partial charge in [-0.15, -0.1) is 11.3 Å². The lowest BCUT2D eigenvalue weighted by molar-refractivity contribution is -0.216. The van der Waals surface area contributed by atoms with Crippen molar-refractivity contribution in [2.24, 2.45) is 5.41 Å². The first kappa shape index (κ1) is 22.1. The molecule has 1 N–H and O–H groups in total. The van der Waals surface area contributed by atoms with E-state index < -0.39 is 11.2 Å². The van der Waals surface area contributed by atoms with E-state index in [9.17, 15) is 9.18 Å². The molecule has 2 bridgehead atoms. The Bertz CT molecular complexity index is 1510. The van der Waals surface area contributed by atoms with Gasteiger partial charge in [0.25, 0.3) is 0 Å². The molecular formula is C29H25FN2O3S. The van der Waals surface area contributed by atoms with E-state index in [0.717, 1.165) is 16.6 Å². The van der Waals surface area contributed by atoms with Gasteiger partial charge in [-0.05, 0) is 35.1 Å². The minimum atomic E-state index is -0.628. The highest BCUT2D eigenvalue weighted by Gasteiger charge is 2.63. The van der Waals surface area contributed by atoms with Gasteiger partial charge in [0.05, 0.1) is 24.3 Å². The van der Waals surface area contributed by atoms with E-state index in [1.54, 1.807) is 12.1 Å². The van der Waals surface area contributed by atoms with E-state index in [2.05, 4.69) is 30.4 Å². The predicted octanol–water partition coefficient (Wildman–Crippen LogP) is 6.47. The van der Waals surface area contributed by atoms with Gasteiger partial charge in [-0.2, -0.15) is 0 Å². The molecule has 2 heterocycles. The van der Waals surface area contributed by atoms with Crippen LogP contribution in [0.2, 0.25) is 0 Å². The highest BCUT2D eigenvalue weighted by molar-refractivity contribution is 7.14. The lowest BCUT2D eigenvalue weighted by atomic mass is 9.52. The minimum Gasteiger partial charge on any atom is -0.347 e. The summed E-state index contributed by atoms with van der Waals surface area (Å²) < 4.78 is 26.6. The van der Waals surface area contributed by atoms with Crippen LogP contribution >= 0.6 is 11.3 Å². The molecular weight excluding hydrogens is 475 g/mol. The van der Waals surface area contributed by atoms with Gasteiger partial charge in [-0.25, -0.2) is 9.37 Å². The van der Waals surface area contributed by atoms with Crippen molar-refractivity contribution >= 4 is 33.1 Å². The summed E-state index contributed by atoms with van der Waals surface area (Å²) >= 11 is 1.39. The Labute approximate surface area is 212 Å². The van der Waals surface area contributed by atoms with Gasteiger partial charge in [0.1, 0.15) is 5.82 Å². The highest BCUT2D eigenvalue weighted by atomic mass is 32.1. The summed E-state index contributed by atoms with van der Waals surface area (Å²) in [6.07, 6.45) is 1.32. The smallest absolute Gasteiger partial charge is 0.232 e. The van der Waals surface area contributed by atoms with Crippen molar-refractivity contribution in [2.45, 2.75) is 37.4 Å². The molecule has 4 aliphatic rings. The summed E-state index contributed by atoms with van der Waals surface area (Å²) in [5, 5.41) is 6.93. The number of thiazole rings is 1. The highest BCUT2D eigenvalue weighted by Crippen LogP contribution is 2.64. The summed E-state index contributed by atoms with van der Waals surface area (Å²) in [6.45, 7) is 3.24. The number of hydrogen-bond donors (Lipinski definition) is 1. The summed E-state index contributed by atoms with van der Waals surface area (Å²) in [5.74, 6) is -0.931. The maximum Gasteiger partial charge on any atom is 0.232 e. The number of nitrogens with zero attached hydrogens (tertiary/aromatic N) is 1. The molecule has 1 spiro atoms. The minimum absolute atomic E-state index is 0.00869. The van der Waals surface area contributed by atoms with E-state index >= 15 is 0 Å². The number of benzene rings is 3. The zero-order chi connectivity index (χ0) is 24.5. The molecule has 7 heteroatoms. The first-order valence-corrected chi connectivity index (χ1v) is 13.2.